The maximum absolute atomic E-state index is 12.5. The number of piperazine rings is 1. The minimum Gasteiger partial charge on any atom is -0.339 e. The van der Waals surface area contributed by atoms with E-state index < -0.39 is 16.1 Å². The maximum atomic E-state index is 12.5. The van der Waals surface area contributed by atoms with Gasteiger partial charge in [-0.1, -0.05) is 25.4 Å². The van der Waals surface area contributed by atoms with Gasteiger partial charge in [0.05, 0.1) is 10.4 Å². The molecule has 0 unspecified atom stereocenters. The first kappa shape index (κ1) is 17.7. The summed E-state index contributed by atoms with van der Waals surface area (Å²) in [6, 6.07) is 2.54. The van der Waals surface area contributed by atoms with Crippen LogP contribution in [0.1, 0.15) is 13.8 Å². The van der Waals surface area contributed by atoms with Gasteiger partial charge in [-0.2, -0.15) is 4.31 Å². The fourth-order valence-corrected chi connectivity index (χ4v) is 5.27. The second-order valence-electron chi connectivity index (χ2n) is 5.56. The van der Waals surface area contributed by atoms with Crippen molar-refractivity contribution in [1.82, 2.24) is 9.21 Å². The largest absolute Gasteiger partial charge is 0.339 e. The Balaban J connectivity index is 2.02. The normalized spacial score (nSPS) is 18.7. The summed E-state index contributed by atoms with van der Waals surface area (Å²) in [6.45, 7) is 5.05. The molecule has 22 heavy (non-hydrogen) atoms. The molecular weight excluding hydrogens is 346 g/mol. The van der Waals surface area contributed by atoms with Gasteiger partial charge in [0, 0.05) is 26.2 Å². The lowest BCUT2D eigenvalue weighted by Crippen LogP contribution is -2.55. The fraction of sp³-hybridized carbons (Fsp3) is 0.615. The van der Waals surface area contributed by atoms with Crippen LogP contribution >= 0.6 is 22.9 Å². The van der Waals surface area contributed by atoms with Crippen molar-refractivity contribution in [1.29, 1.82) is 0 Å². The molecule has 1 aliphatic heterocycles. The number of sulfonamides is 1. The Labute approximate surface area is 139 Å². The first-order valence-corrected chi connectivity index (χ1v) is 9.67. The van der Waals surface area contributed by atoms with Gasteiger partial charge >= 0.3 is 0 Å². The predicted molar refractivity (Wildman–Crippen MR) is 87.5 cm³/mol. The number of rotatable bonds is 4. The lowest BCUT2D eigenvalue weighted by molar-refractivity contribution is -0.134. The topological polar surface area (TPSA) is 83.7 Å². The molecule has 124 valence electrons. The zero-order valence-electron chi connectivity index (χ0n) is 12.5. The summed E-state index contributed by atoms with van der Waals surface area (Å²) in [5.41, 5.74) is 5.87. The third-order valence-electron chi connectivity index (χ3n) is 3.70. The Morgan fingerprint density at radius 1 is 1.27 bits per heavy atom. The van der Waals surface area contributed by atoms with Crippen LogP contribution in [0.4, 0.5) is 0 Å². The van der Waals surface area contributed by atoms with Crippen molar-refractivity contribution in [3.8, 4) is 0 Å². The molecule has 6 nitrogen and oxygen atoms in total. The first-order chi connectivity index (χ1) is 10.2. The van der Waals surface area contributed by atoms with E-state index in [1.54, 1.807) is 11.0 Å². The van der Waals surface area contributed by atoms with Crippen molar-refractivity contribution < 1.29 is 13.2 Å². The number of halogens is 1. The molecule has 0 aromatic carbocycles. The smallest absolute Gasteiger partial charge is 0.252 e. The Hall–Kier alpha value is -0.670. The number of nitrogens with zero attached hydrogens (tertiary/aromatic N) is 2. The van der Waals surface area contributed by atoms with Gasteiger partial charge in [0.25, 0.3) is 10.0 Å². The number of hydrogen-bond donors (Lipinski definition) is 1. The van der Waals surface area contributed by atoms with Gasteiger partial charge in [-0.25, -0.2) is 8.42 Å². The molecule has 1 amide bonds. The summed E-state index contributed by atoms with van der Waals surface area (Å²) in [4.78, 5) is 13.8. The van der Waals surface area contributed by atoms with Crippen LogP contribution in [0.3, 0.4) is 0 Å². The van der Waals surface area contributed by atoms with Gasteiger partial charge in [-0.3, -0.25) is 4.79 Å². The summed E-state index contributed by atoms with van der Waals surface area (Å²) in [6.07, 6.45) is 0. The molecule has 1 aromatic rings. The Bertz CT molecular complexity index is 637. The van der Waals surface area contributed by atoms with Crippen molar-refractivity contribution in [2.45, 2.75) is 24.1 Å². The van der Waals surface area contributed by atoms with E-state index >= 15 is 0 Å². The molecule has 0 bridgehead atoms. The minimum absolute atomic E-state index is 0.0579. The van der Waals surface area contributed by atoms with Crippen molar-refractivity contribution in [2.75, 3.05) is 26.2 Å². The molecule has 0 aliphatic carbocycles. The van der Waals surface area contributed by atoms with Crippen LogP contribution in [0.15, 0.2) is 16.3 Å². The zero-order chi connectivity index (χ0) is 16.5. The van der Waals surface area contributed by atoms with E-state index in [0.717, 1.165) is 11.3 Å². The highest BCUT2D eigenvalue weighted by Gasteiger charge is 2.32. The zero-order valence-corrected chi connectivity index (χ0v) is 14.9. The Kier molecular flexibility index (Phi) is 5.50. The van der Waals surface area contributed by atoms with Gasteiger partial charge in [0.15, 0.2) is 0 Å². The summed E-state index contributed by atoms with van der Waals surface area (Å²) >= 11 is 6.84. The highest BCUT2D eigenvalue weighted by Crippen LogP contribution is 2.28. The molecular formula is C13H20ClN3O3S2. The molecule has 0 spiro atoms. The van der Waals surface area contributed by atoms with Crippen molar-refractivity contribution in [2.24, 2.45) is 11.7 Å². The lowest BCUT2D eigenvalue weighted by atomic mass is 10.0. The monoisotopic (exact) mass is 365 g/mol. The molecule has 1 aliphatic rings. The van der Waals surface area contributed by atoms with E-state index in [4.69, 9.17) is 17.3 Å². The van der Waals surface area contributed by atoms with Gasteiger partial charge in [0.1, 0.15) is 4.21 Å². The SMILES string of the molecule is CC(C)[C@H](N)C(=O)N1CCN(S(=O)(=O)c2ccc(Cl)s2)CC1. The highest BCUT2D eigenvalue weighted by molar-refractivity contribution is 7.91. The van der Waals surface area contributed by atoms with Crippen molar-refractivity contribution in [3.05, 3.63) is 16.5 Å². The second-order valence-corrected chi connectivity index (χ2v) is 9.44. The van der Waals surface area contributed by atoms with Crippen LogP contribution in [-0.4, -0.2) is 55.8 Å². The molecule has 1 aromatic heterocycles. The molecule has 9 heteroatoms. The van der Waals surface area contributed by atoms with Crippen LogP contribution in [-0.2, 0) is 14.8 Å². The molecule has 0 radical (unpaired) electrons. The van der Waals surface area contributed by atoms with Crippen molar-refractivity contribution in [3.63, 3.8) is 0 Å². The first-order valence-electron chi connectivity index (χ1n) is 7.03. The maximum Gasteiger partial charge on any atom is 0.252 e. The number of amides is 1. The average molecular weight is 366 g/mol. The molecule has 1 fully saturated rings. The number of thiophene rings is 1. The Morgan fingerprint density at radius 2 is 1.86 bits per heavy atom. The summed E-state index contributed by atoms with van der Waals surface area (Å²) < 4.78 is 27.0. The van der Waals surface area contributed by atoms with Crippen LogP contribution in [0, 0.1) is 5.92 Å². The highest BCUT2D eigenvalue weighted by atomic mass is 35.5. The van der Waals surface area contributed by atoms with E-state index in [9.17, 15) is 13.2 Å². The molecule has 1 saturated heterocycles. The average Bonchev–Trinajstić information content (AvgIpc) is 2.93. The predicted octanol–water partition coefficient (Wildman–Crippen LogP) is 1.22. The molecule has 2 rings (SSSR count). The summed E-state index contributed by atoms with van der Waals surface area (Å²) in [5, 5.41) is 0. The number of carbonyl (C=O) groups excluding carboxylic acids is 1. The molecule has 0 saturated carbocycles. The van der Waals surface area contributed by atoms with Crippen LogP contribution in [0.25, 0.3) is 0 Å². The fourth-order valence-electron chi connectivity index (χ4n) is 2.21. The second kappa shape index (κ2) is 6.84. The summed E-state index contributed by atoms with van der Waals surface area (Å²) in [7, 11) is -3.53. The van der Waals surface area contributed by atoms with Gasteiger partial charge < -0.3 is 10.6 Å². The van der Waals surface area contributed by atoms with Gasteiger partial charge in [0.2, 0.25) is 5.91 Å². The molecule has 2 N–H and O–H groups in total. The number of hydrogen-bond acceptors (Lipinski definition) is 5. The van der Waals surface area contributed by atoms with E-state index in [-0.39, 0.29) is 29.1 Å². The summed E-state index contributed by atoms with van der Waals surface area (Å²) in [5.74, 6) is -0.0614. The molecule has 1 atom stereocenters. The van der Waals surface area contributed by atoms with Crippen LogP contribution in [0.2, 0.25) is 4.34 Å². The van der Waals surface area contributed by atoms with Gasteiger partial charge in [-0.15, -0.1) is 11.3 Å². The van der Waals surface area contributed by atoms with Crippen LogP contribution in [0.5, 0.6) is 0 Å². The van der Waals surface area contributed by atoms with E-state index in [2.05, 4.69) is 0 Å². The van der Waals surface area contributed by atoms with E-state index in [1.165, 1.54) is 10.4 Å². The van der Waals surface area contributed by atoms with Crippen molar-refractivity contribution >= 4 is 38.9 Å². The minimum atomic E-state index is -3.53. The molecule has 2 heterocycles. The number of nitrogens with two attached hydrogens (primary N) is 1. The van der Waals surface area contributed by atoms with Crippen LogP contribution < -0.4 is 5.73 Å². The third-order valence-corrected chi connectivity index (χ3v) is 7.29. The standard InChI is InChI=1S/C13H20ClN3O3S2/c1-9(2)12(15)13(18)16-5-7-17(8-6-16)22(19,20)11-4-3-10(14)21-11/h3-4,9,12H,5-8,15H2,1-2H3/t12-/m0/s1. The number of carbonyl (C=O) groups is 1. The Morgan fingerprint density at radius 3 is 2.32 bits per heavy atom. The van der Waals surface area contributed by atoms with Gasteiger partial charge in [-0.05, 0) is 18.1 Å². The quantitative estimate of drug-likeness (QED) is 0.869. The lowest BCUT2D eigenvalue weighted by Gasteiger charge is -2.35. The third kappa shape index (κ3) is 3.62. The van der Waals surface area contributed by atoms with E-state index in [0.29, 0.717) is 17.4 Å². The van der Waals surface area contributed by atoms with E-state index in [1.807, 2.05) is 13.8 Å².